The Bertz CT molecular complexity index is 460. The summed E-state index contributed by atoms with van der Waals surface area (Å²) < 4.78 is 27.4. The van der Waals surface area contributed by atoms with Crippen LogP contribution in [0, 0.1) is 11.6 Å². The summed E-state index contributed by atoms with van der Waals surface area (Å²) in [7, 11) is 0. The van der Waals surface area contributed by atoms with Gasteiger partial charge in [0, 0.05) is 16.5 Å². The third-order valence-electron chi connectivity index (χ3n) is 2.83. The van der Waals surface area contributed by atoms with Crippen LogP contribution in [0.1, 0.15) is 18.9 Å². The van der Waals surface area contributed by atoms with Crippen LogP contribution in [0.4, 0.5) is 8.78 Å². The van der Waals surface area contributed by atoms with Gasteiger partial charge >= 0.3 is 0 Å². The van der Waals surface area contributed by atoms with Crippen molar-refractivity contribution in [3.63, 3.8) is 0 Å². The fourth-order valence-electron chi connectivity index (χ4n) is 1.65. The van der Waals surface area contributed by atoms with E-state index >= 15 is 0 Å². The molecular weight excluding hydrogens is 336 g/mol. The van der Waals surface area contributed by atoms with Crippen LogP contribution in [-0.4, -0.2) is 34.9 Å². The first kappa shape index (κ1) is 17.0. The highest BCUT2D eigenvalue weighted by molar-refractivity contribution is 9.10. The summed E-state index contributed by atoms with van der Waals surface area (Å²) in [6.07, 6.45) is -1.15. The second-order valence-electron chi connectivity index (χ2n) is 4.45. The predicted molar refractivity (Wildman–Crippen MR) is 73.1 cm³/mol. The first-order valence-electron chi connectivity index (χ1n) is 6.06. The second-order valence-corrected chi connectivity index (χ2v) is 5.36. The molecule has 1 aromatic rings. The molecule has 0 radical (unpaired) electrons. The van der Waals surface area contributed by atoms with Gasteiger partial charge in [-0.3, -0.25) is 4.79 Å². The Hall–Kier alpha value is -1.05. The zero-order valence-corrected chi connectivity index (χ0v) is 12.5. The van der Waals surface area contributed by atoms with E-state index in [2.05, 4.69) is 21.2 Å². The van der Waals surface area contributed by atoms with E-state index < -0.39 is 36.3 Å². The summed E-state index contributed by atoms with van der Waals surface area (Å²) in [5, 5.41) is 20.6. The van der Waals surface area contributed by atoms with E-state index in [0.29, 0.717) is 0 Å². The minimum atomic E-state index is -0.912. The zero-order valence-electron chi connectivity index (χ0n) is 10.9. The van der Waals surface area contributed by atoms with Crippen LogP contribution in [-0.2, 0) is 11.2 Å². The van der Waals surface area contributed by atoms with Gasteiger partial charge in [0.25, 0.3) is 0 Å². The summed E-state index contributed by atoms with van der Waals surface area (Å²) in [5.41, 5.74) is -0.166. The van der Waals surface area contributed by atoms with Crippen LogP contribution < -0.4 is 5.32 Å². The molecule has 112 valence electrons. The quantitative estimate of drug-likeness (QED) is 0.727. The van der Waals surface area contributed by atoms with Gasteiger partial charge in [-0.1, -0.05) is 15.9 Å². The molecule has 2 atom stereocenters. The molecule has 7 heteroatoms. The van der Waals surface area contributed by atoms with Crippen LogP contribution in [0.15, 0.2) is 16.6 Å². The Morgan fingerprint density at radius 2 is 1.95 bits per heavy atom. The third kappa shape index (κ3) is 4.81. The molecule has 1 aromatic carbocycles. The Kier molecular flexibility index (Phi) is 6.51. The zero-order chi connectivity index (χ0) is 15.3. The first-order valence-corrected chi connectivity index (χ1v) is 6.86. The maximum absolute atomic E-state index is 13.5. The van der Waals surface area contributed by atoms with E-state index in [1.54, 1.807) is 0 Å². The van der Waals surface area contributed by atoms with Crippen molar-refractivity contribution in [3.8, 4) is 0 Å². The number of hydrogen-bond donors (Lipinski definition) is 3. The van der Waals surface area contributed by atoms with Gasteiger partial charge in [0.15, 0.2) is 0 Å². The highest BCUT2D eigenvalue weighted by atomic mass is 79.9. The molecule has 0 aromatic heterocycles. The molecule has 0 saturated heterocycles. The lowest BCUT2D eigenvalue weighted by Gasteiger charge is -2.18. The second kappa shape index (κ2) is 7.66. The number of amides is 1. The lowest BCUT2D eigenvalue weighted by molar-refractivity contribution is -0.123. The molecule has 0 unspecified atom stereocenters. The Morgan fingerprint density at radius 3 is 2.40 bits per heavy atom. The largest absolute Gasteiger partial charge is 0.394 e. The molecule has 3 N–H and O–H groups in total. The molecule has 4 nitrogen and oxygen atoms in total. The number of carbonyl (C=O) groups excluding carboxylic acids is 1. The minimum absolute atomic E-state index is 0.102. The van der Waals surface area contributed by atoms with Crippen molar-refractivity contribution in [1.82, 2.24) is 5.32 Å². The van der Waals surface area contributed by atoms with E-state index in [4.69, 9.17) is 5.11 Å². The number of halogens is 3. The van der Waals surface area contributed by atoms with E-state index in [9.17, 15) is 18.7 Å². The van der Waals surface area contributed by atoms with Crippen LogP contribution in [0.25, 0.3) is 0 Å². The molecule has 0 aliphatic heterocycles. The van der Waals surface area contributed by atoms with Gasteiger partial charge in [-0.15, -0.1) is 0 Å². The van der Waals surface area contributed by atoms with Gasteiger partial charge in [0.05, 0.1) is 18.8 Å². The van der Waals surface area contributed by atoms with E-state index in [0.717, 1.165) is 12.1 Å². The lowest BCUT2D eigenvalue weighted by atomic mass is 10.1. The molecule has 0 saturated carbocycles. The van der Waals surface area contributed by atoms with E-state index in [1.165, 1.54) is 6.92 Å². The number of benzene rings is 1. The van der Waals surface area contributed by atoms with Gasteiger partial charge in [0.1, 0.15) is 11.6 Å². The number of aliphatic hydroxyl groups is 2. The first-order chi connectivity index (χ1) is 9.35. The fraction of sp³-hybridized carbons (Fsp3) is 0.462. The SMILES string of the molecule is C[C@@H](O)[C@@H](CO)NC(=O)CCc1c(F)cc(Br)cc1F. The Morgan fingerprint density at radius 1 is 1.40 bits per heavy atom. The predicted octanol–water partition coefficient (Wildman–Crippen LogP) is 1.52. The van der Waals surface area contributed by atoms with Crippen molar-refractivity contribution in [2.24, 2.45) is 0 Å². The standard InChI is InChI=1S/C13H16BrF2NO3/c1-7(19)12(6-18)17-13(20)3-2-9-10(15)4-8(14)5-11(9)16/h4-5,7,12,18-19H,2-3,6H2,1H3,(H,17,20)/t7-,12-/m1/s1. The molecule has 20 heavy (non-hydrogen) atoms. The fourth-order valence-corrected chi connectivity index (χ4v) is 2.05. The molecule has 0 bridgehead atoms. The van der Waals surface area contributed by atoms with Crippen LogP contribution >= 0.6 is 15.9 Å². The van der Waals surface area contributed by atoms with Crippen LogP contribution in [0.3, 0.4) is 0 Å². The maximum atomic E-state index is 13.5. The summed E-state index contributed by atoms with van der Waals surface area (Å²) in [6.45, 7) is 1.01. The Labute approximate surface area is 123 Å². The van der Waals surface area contributed by atoms with Gasteiger partial charge in [-0.2, -0.15) is 0 Å². The molecule has 0 heterocycles. The average Bonchev–Trinajstić information content (AvgIpc) is 2.34. The Balaban J connectivity index is 2.62. The van der Waals surface area contributed by atoms with E-state index in [1.807, 2.05) is 0 Å². The van der Waals surface area contributed by atoms with Crippen molar-refractivity contribution in [1.29, 1.82) is 0 Å². The third-order valence-corrected chi connectivity index (χ3v) is 3.29. The molecular formula is C13H16BrF2NO3. The maximum Gasteiger partial charge on any atom is 0.220 e. The number of rotatable bonds is 6. The number of carbonyl (C=O) groups is 1. The van der Waals surface area contributed by atoms with Gasteiger partial charge < -0.3 is 15.5 Å². The normalized spacial score (nSPS) is 13.9. The monoisotopic (exact) mass is 351 g/mol. The summed E-state index contributed by atoms with van der Waals surface area (Å²) in [6, 6.07) is 1.47. The van der Waals surface area contributed by atoms with E-state index in [-0.39, 0.29) is 22.9 Å². The summed E-state index contributed by atoms with van der Waals surface area (Å²) >= 11 is 2.97. The summed E-state index contributed by atoms with van der Waals surface area (Å²) in [5.74, 6) is -1.94. The minimum Gasteiger partial charge on any atom is -0.394 e. The van der Waals surface area contributed by atoms with Crippen LogP contribution in [0.5, 0.6) is 0 Å². The van der Waals surface area contributed by atoms with Gasteiger partial charge in [-0.05, 0) is 25.5 Å². The smallest absolute Gasteiger partial charge is 0.220 e. The molecule has 1 amide bonds. The lowest BCUT2D eigenvalue weighted by Crippen LogP contribution is -2.44. The molecule has 0 fully saturated rings. The topological polar surface area (TPSA) is 69.6 Å². The number of hydrogen-bond acceptors (Lipinski definition) is 3. The molecule has 0 spiro atoms. The van der Waals surface area contributed by atoms with Gasteiger partial charge in [-0.25, -0.2) is 8.78 Å². The molecule has 1 rings (SSSR count). The van der Waals surface area contributed by atoms with Gasteiger partial charge in [0.2, 0.25) is 5.91 Å². The highest BCUT2D eigenvalue weighted by Crippen LogP contribution is 2.20. The summed E-state index contributed by atoms with van der Waals surface area (Å²) in [4.78, 5) is 11.6. The van der Waals surface area contributed by atoms with Crippen molar-refractivity contribution in [3.05, 3.63) is 33.8 Å². The molecule has 0 aliphatic carbocycles. The van der Waals surface area contributed by atoms with Crippen molar-refractivity contribution >= 4 is 21.8 Å². The number of nitrogens with one attached hydrogen (secondary N) is 1. The van der Waals surface area contributed by atoms with Crippen molar-refractivity contribution in [2.75, 3.05) is 6.61 Å². The molecule has 0 aliphatic rings. The average molecular weight is 352 g/mol. The van der Waals surface area contributed by atoms with Crippen LogP contribution in [0.2, 0.25) is 0 Å². The number of aliphatic hydroxyl groups excluding tert-OH is 2. The highest BCUT2D eigenvalue weighted by Gasteiger charge is 2.17. The van der Waals surface area contributed by atoms with Crippen molar-refractivity contribution < 1.29 is 23.8 Å². The van der Waals surface area contributed by atoms with Crippen molar-refractivity contribution in [2.45, 2.75) is 31.9 Å².